The molecule has 0 aliphatic rings. The summed E-state index contributed by atoms with van der Waals surface area (Å²) in [6, 6.07) is 5.70. The van der Waals surface area contributed by atoms with Gasteiger partial charge < -0.3 is 5.73 Å². The van der Waals surface area contributed by atoms with Gasteiger partial charge in [0.15, 0.2) is 0 Å². The maximum Gasteiger partial charge on any atom is 0.0453 e. The van der Waals surface area contributed by atoms with Crippen LogP contribution in [0.2, 0.25) is 10.0 Å². The zero-order valence-electron chi connectivity index (χ0n) is 7.97. The van der Waals surface area contributed by atoms with E-state index in [4.69, 9.17) is 28.9 Å². The van der Waals surface area contributed by atoms with E-state index in [1.165, 1.54) is 0 Å². The van der Waals surface area contributed by atoms with E-state index in [0.29, 0.717) is 10.0 Å². The molecular formula is C10H14Cl3N. The number of hydrogen-bond acceptors (Lipinski definition) is 1. The number of hydrogen-bond donors (Lipinski definition) is 1. The van der Waals surface area contributed by atoms with Gasteiger partial charge in [-0.15, -0.1) is 12.4 Å². The molecule has 0 fully saturated rings. The van der Waals surface area contributed by atoms with Crippen LogP contribution >= 0.6 is 35.6 Å². The summed E-state index contributed by atoms with van der Waals surface area (Å²) in [6.45, 7) is 2.06. The molecule has 1 unspecified atom stereocenters. The van der Waals surface area contributed by atoms with Crippen LogP contribution in [0.4, 0.5) is 0 Å². The van der Waals surface area contributed by atoms with Crippen LogP contribution in [-0.2, 0) is 6.42 Å². The van der Waals surface area contributed by atoms with Crippen molar-refractivity contribution in [3.05, 3.63) is 33.8 Å². The standard InChI is InChI=1S/C10H13Cl2N.ClH/c1-2-9(13)5-7-3-4-8(11)6-10(7)12;/h3-4,6,9H,2,5,13H2,1H3;1H. The summed E-state index contributed by atoms with van der Waals surface area (Å²) in [4.78, 5) is 0. The van der Waals surface area contributed by atoms with E-state index in [2.05, 4.69) is 6.92 Å². The third-order valence-electron chi connectivity index (χ3n) is 2.02. The molecule has 0 saturated heterocycles. The first-order valence-electron chi connectivity index (χ1n) is 4.33. The van der Waals surface area contributed by atoms with Gasteiger partial charge in [0.1, 0.15) is 0 Å². The first-order valence-corrected chi connectivity index (χ1v) is 5.08. The Morgan fingerprint density at radius 2 is 2.00 bits per heavy atom. The molecule has 0 saturated carbocycles. The van der Waals surface area contributed by atoms with Gasteiger partial charge in [-0.05, 0) is 30.5 Å². The van der Waals surface area contributed by atoms with Crippen LogP contribution in [0.25, 0.3) is 0 Å². The van der Waals surface area contributed by atoms with E-state index in [9.17, 15) is 0 Å². The molecule has 0 aliphatic heterocycles. The van der Waals surface area contributed by atoms with E-state index in [-0.39, 0.29) is 18.4 Å². The highest BCUT2D eigenvalue weighted by atomic mass is 35.5. The van der Waals surface area contributed by atoms with Crippen molar-refractivity contribution in [2.75, 3.05) is 0 Å². The Bertz CT molecular complexity index is 289. The average molecular weight is 255 g/mol. The smallest absolute Gasteiger partial charge is 0.0453 e. The summed E-state index contributed by atoms with van der Waals surface area (Å²) >= 11 is 11.8. The summed E-state index contributed by atoms with van der Waals surface area (Å²) in [6.07, 6.45) is 1.77. The minimum absolute atomic E-state index is 0. The average Bonchev–Trinajstić information content (AvgIpc) is 2.09. The second-order valence-electron chi connectivity index (χ2n) is 3.11. The Balaban J connectivity index is 0.00000169. The lowest BCUT2D eigenvalue weighted by Gasteiger charge is -2.09. The zero-order valence-corrected chi connectivity index (χ0v) is 10.3. The first-order chi connectivity index (χ1) is 6.13. The molecule has 4 heteroatoms. The maximum absolute atomic E-state index is 5.99. The summed E-state index contributed by atoms with van der Waals surface area (Å²) in [5, 5.41) is 1.37. The topological polar surface area (TPSA) is 26.0 Å². The van der Waals surface area contributed by atoms with Gasteiger partial charge in [-0.25, -0.2) is 0 Å². The summed E-state index contributed by atoms with van der Waals surface area (Å²) < 4.78 is 0. The van der Waals surface area contributed by atoms with Crippen molar-refractivity contribution in [2.45, 2.75) is 25.8 Å². The predicted molar refractivity (Wildman–Crippen MR) is 65.7 cm³/mol. The molecule has 0 spiro atoms. The minimum atomic E-state index is 0. The Labute approximate surface area is 101 Å². The van der Waals surface area contributed by atoms with Crippen molar-refractivity contribution >= 4 is 35.6 Å². The van der Waals surface area contributed by atoms with Crippen LogP contribution in [0.1, 0.15) is 18.9 Å². The fraction of sp³-hybridized carbons (Fsp3) is 0.400. The van der Waals surface area contributed by atoms with Gasteiger partial charge in [0.05, 0.1) is 0 Å². The molecular weight excluding hydrogens is 240 g/mol. The molecule has 1 nitrogen and oxygen atoms in total. The number of halogens is 3. The van der Waals surface area contributed by atoms with Gasteiger partial charge in [0.2, 0.25) is 0 Å². The van der Waals surface area contributed by atoms with E-state index in [1.807, 2.05) is 12.1 Å². The molecule has 0 bridgehead atoms. The number of benzene rings is 1. The van der Waals surface area contributed by atoms with Crippen molar-refractivity contribution in [3.8, 4) is 0 Å². The second kappa shape index (κ2) is 6.52. The molecule has 0 aliphatic carbocycles. The van der Waals surface area contributed by atoms with Crippen LogP contribution in [0.15, 0.2) is 18.2 Å². The molecule has 0 aromatic heterocycles. The van der Waals surface area contributed by atoms with Crippen molar-refractivity contribution in [2.24, 2.45) is 5.73 Å². The summed E-state index contributed by atoms with van der Waals surface area (Å²) in [7, 11) is 0. The summed E-state index contributed by atoms with van der Waals surface area (Å²) in [5.41, 5.74) is 6.89. The van der Waals surface area contributed by atoms with E-state index >= 15 is 0 Å². The van der Waals surface area contributed by atoms with Crippen LogP contribution in [0, 0.1) is 0 Å². The van der Waals surface area contributed by atoms with E-state index in [0.717, 1.165) is 18.4 Å². The Morgan fingerprint density at radius 3 is 2.50 bits per heavy atom. The van der Waals surface area contributed by atoms with Gasteiger partial charge in [0, 0.05) is 16.1 Å². The van der Waals surface area contributed by atoms with Crippen LogP contribution < -0.4 is 5.73 Å². The third-order valence-corrected chi connectivity index (χ3v) is 2.61. The molecule has 1 aromatic carbocycles. The molecule has 2 N–H and O–H groups in total. The molecule has 80 valence electrons. The summed E-state index contributed by atoms with van der Waals surface area (Å²) in [5.74, 6) is 0. The van der Waals surface area contributed by atoms with Gasteiger partial charge in [-0.2, -0.15) is 0 Å². The lowest BCUT2D eigenvalue weighted by Crippen LogP contribution is -2.21. The molecule has 0 heterocycles. The largest absolute Gasteiger partial charge is 0.327 e. The highest BCUT2D eigenvalue weighted by Crippen LogP contribution is 2.22. The normalized spacial score (nSPS) is 12.0. The highest BCUT2D eigenvalue weighted by molar-refractivity contribution is 6.35. The molecule has 1 atom stereocenters. The monoisotopic (exact) mass is 253 g/mol. The van der Waals surface area contributed by atoms with Crippen LogP contribution in [0.5, 0.6) is 0 Å². The van der Waals surface area contributed by atoms with Gasteiger partial charge in [-0.3, -0.25) is 0 Å². The van der Waals surface area contributed by atoms with Crippen molar-refractivity contribution < 1.29 is 0 Å². The molecule has 0 radical (unpaired) electrons. The lowest BCUT2D eigenvalue weighted by molar-refractivity contribution is 0.646. The van der Waals surface area contributed by atoms with Crippen LogP contribution in [-0.4, -0.2) is 6.04 Å². The Hall–Kier alpha value is 0.0500. The van der Waals surface area contributed by atoms with Crippen molar-refractivity contribution in [1.82, 2.24) is 0 Å². The molecule has 0 amide bonds. The maximum atomic E-state index is 5.99. The molecule has 1 aromatic rings. The van der Waals surface area contributed by atoms with Crippen molar-refractivity contribution in [1.29, 1.82) is 0 Å². The Morgan fingerprint density at radius 1 is 1.36 bits per heavy atom. The van der Waals surface area contributed by atoms with Crippen LogP contribution in [0.3, 0.4) is 0 Å². The number of nitrogens with two attached hydrogens (primary N) is 1. The Kier molecular flexibility index (Phi) is 6.54. The highest BCUT2D eigenvalue weighted by Gasteiger charge is 2.05. The van der Waals surface area contributed by atoms with Gasteiger partial charge in [-0.1, -0.05) is 36.2 Å². The quantitative estimate of drug-likeness (QED) is 0.875. The van der Waals surface area contributed by atoms with Crippen molar-refractivity contribution in [3.63, 3.8) is 0 Å². The first kappa shape index (κ1) is 14.1. The van der Waals surface area contributed by atoms with Gasteiger partial charge >= 0.3 is 0 Å². The van der Waals surface area contributed by atoms with Gasteiger partial charge in [0.25, 0.3) is 0 Å². The third kappa shape index (κ3) is 4.05. The fourth-order valence-electron chi connectivity index (χ4n) is 1.11. The second-order valence-corrected chi connectivity index (χ2v) is 3.95. The lowest BCUT2D eigenvalue weighted by atomic mass is 10.1. The SMILES string of the molecule is CCC(N)Cc1ccc(Cl)cc1Cl.Cl. The molecule has 14 heavy (non-hydrogen) atoms. The molecule has 1 rings (SSSR count). The van der Waals surface area contributed by atoms with E-state index < -0.39 is 0 Å². The predicted octanol–water partition coefficient (Wildman–Crippen LogP) is 3.70. The minimum Gasteiger partial charge on any atom is -0.327 e. The zero-order chi connectivity index (χ0) is 9.84. The van der Waals surface area contributed by atoms with E-state index in [1.54, 1.807) is 6.07 Å². The number of rotatable bonds is 3. The fourth-order valence-corrected chi connectivity index (χ4v) is 1.60.